The molecule has 1 aromatic heterocycles. The number of methoxy groups -OCH3 is 1. The van der Waals surface area contributed by atoms with Crippen LogP contribution in [0.5, 0.6) is 5.75 Å². The number of aromatic nitrogens is 1. The van der Waals surface area contributed by atoms with E-state index in [0.717, 1.165) is 11.3 Å². The Morgan fingerprint density at radius 1 is 1.20 bits per heavy atom. The molecule has 130 valence electrons. The van der Waals surface area contributed by atoms with Crippen LogP contribution in [0.25, 0.3) is 6.08 Å². The van der Waals surface area contributed by atoms with Crippen molar-refractivity contribution >= 4 is 35.4 Å². The Hall–Kier alpha value is -2.86. The lowest BCUT2D eigenvalue weighted by Gasteiger charge is -2.11. The number of carbonyl (C=O) groups excluding carboxylic acids is 2. The third-order valence-electron chi connectivity index (χ3n) is 3.17. The van der Waals surface area contributed by atoms with E-state index in [1.807, 2.05) is 0 Å². The Morgan fingerprint density at radius 2 is 1.92 bits per heavy atom. The summed E-state index contributed by atoms with van der Waals surface area (Å²) >= 11 is 5.72. The molecule has 0 aliphatic heterocycles. The first-order chi connectivity index (χ1) is 12.0. The molecule has 1 amide bonds. The van der Waals surface area contributed by atoms with E-state index in [4.69, 9.17) is 21.1 Å². The van der Waals surface area contributed by atoms with Crippen molar-refractivity contribution in [3.8, 4) is 5.75 Å². The molecule has 1 N–H and O–H groups in total. The minimum Gasteiger partial charge on any atom is -0.497 e. The molecule has 25 heavy (non-hydrogen) atoms. The van der Waals surface area contributed by atoms with Crippen LogP contribution in [-0.4, -0.2) is 30.1 Å². The van der Waals surface area contributed by atoms with Gasteiger partial charge in [-0.25, -0.2) is 9.78 Å². The van der Waals surface area contributed by atoms with Crippen LogP contribution in [0.1, 0.15) is 12.5 Å². The molecule has 0 spiro atoms. The largest absolute Gasteiger partial charge is 0.497 e. The fourth-order valence-corrected chi connectivity index (χ4v) is 1.94. The zero-order valence-corrected chi connectivity index (χ0v) is 14.5. The molecule has 0 saturated heterocycles. The number of pyridine rings is 1. The lowest BCUT2D eigenvalue weighted by molar-refractivity contribution is -0.148. The van der Waals surface area contributed by atoms with E-state index >= 15 is 0 Å². The Kier molecular flexibility index (Phi) is 6.54. The number of rotatable bonds is 6. The number of nitrogens with one attached hydrogen (secondary N) is 1. The molecule has 0 aliphatic rings. The summed E-state index contributed by atoms with van der Waals surface area (Å²) < 4.78 is 10.1. The molecule has 0 unspecified atom stereocenters. The smallest absolute Gasteiger partial charge is 0.331 e. The molecule has 1 aromatic carbocycles. The quantitative estimate of drug-likeness (QED) is 0.631. The van der Waals surface area contributed by atoms with Crippen molar-refractivity contribution < 1.29 is 19.1 Å². The van der Waals surface area contributed by atoms with E-state index in [1.54, 1.807) is 49.6 Å². The molecule has 0 bridgehead atoms. The third kappa shape index (κ3) is 5.93. The van der Waals surface area contributed by atoms with Crippen molar-refractivity contribution in [1.82, 2.24) is 4.98 Å². The van der Waals surface area contributed by atoms with E-state index in [9.17, 15) is 9.59 Å². The van der Waals surface area contributed by atoms with Gasteiger partial charge in [0.05, 0.1) is 12.1 Å². The first-order valence-corrected chi connectivity index (χ1v) is 7.81. The van der Waals surface area contributed by atoms with Crippen molar-refractivity contribution in [3.63, 3.8) is 0 Å². The minimum atomic E-state index is -0.967. The number of amides is 1. The summed E-state index contributed by atoms with van der Waals surface area (Å²) in [6.07, 6.45) is 3.29. The molecule has 0 radical (unpaired) electrons. The van der Waals surface area contributed by atoms with Crippen LogP contribution in [0.15, 0.2) is 48.7 Å². The first kappa shape index (κ1) is 18.5. The molecular formula is C18H17ClN2O4. The maximum atomic E-state index is 12.0. The number of ether oxygens (including phenoxy) is 2. The third-order valence-corrected chi connectivity index (χ3v) is 3.39. The first-order valence-electron chi connectivity index (χ1n) is 7.43. The van der Waals surface area contributed by atoms with Crippen molar-refractivity contribution in [1.29, 1.82) is 0 Å². The van der Waals surface area contributed by atoms with Crippen LogP contribution in [0.2, 0.25) is 5.02 Å². The molecular weight excluding hydrogens is 344 g/mol. The maximum absolute atomic E-state index is 12.0. The van der Waals surface area contributed by atoms with Crippen molar-refractivity contribution in [2.45, 2.75) is 13.0 Å². The number of esters is 1. The second-order valence-electron chi connectivity index (χ2n) is 5.04. The fraction of sp³-hybridized carbons (Fsp3) is 0.167. The monoisotopic (exact) mass is 360 g/mol. The Morgan fingerprint density at radius 3 is 2.52 bits per heavy atom. The standard InChI is InChI=1S/C18H17ClN2O4/c1-12(18(23)21-16-9-6-14(19)11-20-16)25-17(22)10-5-13-3-7-15(24-2)8-4-13/h3-12H,1-2H3,(H,20,21,23)/b10-5+/t12-/m0/s1. The summed E-state index contributed by atoms with van der Waals surface area (Å²) in [5.41, 5.74) is 0.806. The van der Waals surface area contributed by atoms with Gasteiger partial charge in [-0.1, -0.05) is 23.7 Å². The number of halogens is 1. The van der Waals surface area contributed by atoms with Gasteiger partial charge in [0.2, 0.25) is 0 Å². The van der Waals surface area contributed by atoms with E-state index in [2.05, 4.69) is 10.3 Å². The van der Waals surface area contributed by atoms with Crippen LogP contribution in [0.3, 0.4) is 0 Å². The van der Waals surface area contributed by atoms with Gasteiger partial charge in [0.25, 0.3) is 5.91 Å². The molecule has 6 nitrogen and oxygen atoms in total. The zero-order valence-electron chi connectivity index (χ0n) is 13.7. The number of nitrogens with zero attached hydrogens (tertiary/aromatic N) is 1. The van der Waals surface area contributed by atoms with E-state index in [1.165, 1.54) is 19.2 Å². The lowest BCUT2D eigenvalue weighted by Crippen LogP contribution is -2.29. The van der Waals surface area contributed by atoms with Crippen molar-refractivity contribution in [2.75, 3.05) is 12.4 Å². The van der Waals surface area contributed by atoms with E-state index in [0.29, 0.717) is 10.8 Å². The van der Waals surface area contributed by atoms with Crippen LogP contribution in [0.4, 0.5) is 5.82 Å². The highest BCUT2D eigenvalue weighted by Gasteiger charge is 2.17. The number of anilines is 1. The predicted octanol–water partition coefficient (Wildman–Crippen LogP) is 3.33. The van der Waals surface area contributed by atoms with Gasteiger partial charge in [-0.3, -0.25) is 4.79 Å². The summed E-state index contributed by atoms with van der Waals surface area (Å²) in [4.78, 5) is 27.7. The van der Waals surface area contributed by atoms with E-state index < -0.39 is 18.0 Å². The van der Waals surface area contributed by atoms with Gasteiger partial charge in [-0.2, -0.15) is 0 Å². The zero-order chi connectivity index (χ0) is 18.2. The van der Waals surface area contributed by atoms with Crippen molar-refractivity contribution in [3.05, 3.63) is 59.3 Å². The second-order valence-corrected chi connectivity index (χ2v) is 5.47. The SMILES string of the molecule is COc1ccc(/C=C/C(=O)O[C@@H](C)C(=O)Nc2ccc(Cl)cn2)cc1. The molecule has 2 rings (SSSR count). The molecule has 1 heterocycles. The summed E-state index contributed by atoms with van der Waals surface area (Å²) in [6, 6.07) is 10.3. The molecule has 0 aliphatic carbocycles. The summed E-state index contributed by atoms with van der Waals surface area (Å²) in [5, 5.41) is 3.00. The number of hydrogen-bond acceptors (Lipinski definition) is 5. The lowest BCUT2D eigenvalue weighted by atomic mass is 10.2. The van der Waals surface area contributed by atoms with Crippen LogP contribution < -0.4 is 10.1 Å². The summed E-state index contributed by atoms with van der Waals surface area (Å²) in [5.74, 6) is -0.0598. The average Bonchev–Trinajstić information content (AvgIpc) is 2.62. The average molecular weight is 361 g/mol. The van der Waals surface area contributed by atoms with Gasteiger partial charge in [0.15, 0.2) is 6.10 Å². The second kappa shape index (κ2) is 8.84. The Balaban J connectivity index is 1.86. The van der Waals surface area contributed by atoms with Crippen LogP contribution in [0, 0.1) is 0 Å². The predicted molar refractivity (Wildman–Crippen MR) is 95.5 cm³/mol. The Labute approximate surface area is 150 Å². The molecule has 1 atom stereocenters. The number of carbonyl (C=O) groups is 2. The normalized spacial score (nSPS) is 11.8. The van der Waals surface area contributed by atoms with Gasteiger partial charge >= 0.3 is 5.97 Å². The summed E-state index contributed by atoms with van der Waals surface area (Å²) in [7, 11) is 1.58. The number of hydrogen-bond donors (Lipinski definition) is 1. The van der Waals surface area contributed by atoms with Crippen molar-refractivity contribution in [2.24, 2.45) is 0 Å². The maximum Gasteiger partial charge on any atom is 0.331 e. The fourth-order valence-electron chi connectivity index (χ4n) is 1.82. The highest BCUT2D eigenvalue weighted by Crippen LogP contribution is 2.13. The molecule has 0 fully saturated rings. The van der Waals surface area contributed by atoms with Gasteiger partial charge in [-0.15, -0.1) is 0 Å². The molecule has 7 heteroatoms. The highest BCUT2D eigenvalue weighted by atomic mass is 35.5. The number of benzene rings is 1. The molecule has 2 aromatic rings. The summed E-state index contributed by atoms with van der Waals surface area (Å²) in [6.45, 7) is 1.48. The van der Waals surface area contributed by atoms with Gasteiger partial charge < -0.3 is 14.8 Å². The van der Waals surface area contributed by atoms with Gasteiger partial charge in [0.1, 0.15) is 11.6 Å². The molecule has 0 saturated carbocycles. The highest BCUT2D eigenvalue weighted by molar-refractivity contribution is 6.30. The van der Waals surface area contributed by atoms with E-state index in [-0.39, 0.29) is 0 Å². The minimum absolute atomic E-state index is 0.325. The van der Waals surface area contributed by atoms with Crippen LogP contribution >= 0.6 is 11.6 Å². The Bertz CT molecular complexity index is 758. The van der Waals surface area contributed by atoms with Gasteiger partial charge in [-0.05, 0) is 42.8 Å². The topological polar surface area (TPSA) is 77.5 Å². The van der Waals surface area contributed by atoms with Crippen LogP contribution in [-0.2, 0) is 14.3 Å². The van der Waals surface area contributed by atoms with Gasteiger partial charge in [0, 0.05) is 12.3 Å².